The minimum atomic E-state index is -0.368. The van der Waals surface area contributed by atoms with E-state index >= 15 is 0 Å². The summed E-state index contributed by atoms with van der Waals surface area (Å²) in [6.07, 6.45) is 2.14. The Morgan fingerprint density at radius 3 is 2.65 bits per heavy atom. The fourth-order valence-electron chi connectivity index (χ4n) is 3.46. The lowest BCUT2D eigenvalue weighted by Gasteiger charge is -2.44. The van der Waals surface area contributed by atoms with Crippen LogP contribution >= 0.6 is 0 Å². The van der Waals surface area contributed by atoms with Crippen LogP contribution in [-0.2, 0) is 14.3 Å². The first-order valence-electron chi connectivity index (χ1n) is 7.09. The van der Waals surface area contributed by atoms with E-state index in [-0.39, 0.29) is 23.1 Å². The minimum Gasteiger partial charge on any atom is -0.381 e. The summed E-state index contributed by atoms with van der Waals surface area (Å²) < 4.78 is 5.60. The number of benzene rings is 1. The Balaban J connectivity index is 2.01. The predicted octanol–water partition coefficient (Wildman–Crippen LogP) is 1.92. The summed E-state index contributed by atoms with van der Waals surface area (Å²) >= 11 is 0. The highest BCUT2D eigenvalue weighted by Crippen LogP contribution is 2.47. The van der Waals surface area contributed by atoms with Gasteiger partial charge < -0.3 is 4.74 Å². The lowest BCUT2D eigenvalue weighted by Crippen LogP contribution is -2.53. The quantitative estimate of drug-likeness (QED) is 0.795. The van der Waals surface area contributed by atoms with Crippen LogP contribution in [0.25, 0.3) is 0 Å². The summed E-state index contributed by atoms with van der Waals surface area (Å²) in [5.41, 5.74) is 1.77. The van der Waals surface area contributed by atoms with Gasteiger partial charge in [0.1, 0.15) is 0 Å². The van der Waals surface area contributed by atoms with E-state index in [1.165, 1.54) is 0 Å². The minimum absolute atomic E-state index is 0.177. The van der Waals surface area contributed by atoms with Gasteiger partial charge >= 0.3 is 0 Å². The monoisotopic (exact) mass is 273 g/mol. The van der Waals surface area contributed by atoms with E-state index < -0.39 is 0 Å². The Kier molecular flexibility index (Phi) is 3.34. The lowest BCUT2D eigenvalue weighted by molar-refractivity contribution is -0.146. The molecular formula is C16H19NO3. The maximum atomic E-state index is 12.4. The van der Waals surface area contributed by atoms with E-state index in [4.69, 9.17) is 4.74 Å². The summed E-state index contributed by atoms with van der Waals surface area (Å²) in [6, 6.07) is 8.00. The molecule has 0 aliphatic carbocycles. The van der Waals surface area contributed by atoms with Crippen LogP contribution in [0.15, 0.2) is 24.3 Å². The number of ether oxygens (including phenoxy) is 1. The van der Waals surface area contributed by atoms with Gasteiger partial charge in [0.2, 0.25) is 11.8 Å². The maximum Gasteiger partial charge on any atom is 0.234 e. The molecule has 1 spiro atoms. The number of carbonyl (C=O) groups is 2. The Hall–Kier alpha value is -1.68. The van der Waals surface area contributed by atoms with Gasteiger partial charge in [-0.05, 0) is 25.3 Å². The second-order valence-electron chi connectivity index (χ2n) is 5.95. The van der Waals surface area contributed by atoms with Gasteiger partial charge in [-0.25, -0.2) is 0 Å². The predicted molar refractivity (Wildman–Crippen MR) is 74.2 cm³/mol. The summed E-state index contributed by atoms with van der Waals surface area (Å²) in [5, 5.41) is 2.48. The van der Waals surface area contributed by atoms with E-state index in [0.717, 1.165) is 30.6 Å². The molecule has 106 valence electrons. The van der Waals surface area contributed by atoms with Gasteiger partial charge in [-0.2, -0.15) is 0 Å². The summed E-state index contributed by atoms with van der Waals surface area (Å²) in [6.45, 7) is 3.23. The molecule has 2 fully saturated rings. The molecule has 2 aliphatic heterocycles. The number of piperidine rings is 1. The van der Waals surface area contributed by atoms with Gasteiger partial charge in [-0.1, -0.05) is 29.8 Å². The molecule has 0 bridgehead atoms. The normalized spacial score (nSPS) is 30.4. The molecule has 4 heteroatoms. The molecule has 0 radical (unpaired) electrons. The SMILES string of the molecule is Cc1ccc(C2C(=O)NC(=O)CC23CCCOC3)cc1. The molecule has 4 nitrogen and oxygen atoms in total. The highest BCUT2D eigenvalue weighted by atomic mass is 16.5. The molecule has 2 amide bonds. The topological polar surface area (TPSA) is 55.4 Å². The summed E-state index contributed by atoms with van der Waals surface area (Å²) in [7, 11) is 0. The zero-order valence-electron chi connectivity index (χ0n) is 11.6. The third-order valence-electron chi connectivity index (χ3n) is 4.41. The number of carbonyl (C=O) groups excluding carboxylic acids is 2. The van der Waals surface area contributed by atoms with Crippen LogP contribution in [-0.4, -0.2) is 25.0 Å². The second kappa shape index (κ2) is 5.02. The van der Waals surface area contributed by atoms with E-state index in [1.54, 1.807) is 0 Å². The van der Waals surface area contributed by atoms with Crippen LogP contribution in [0.2, 0.25) is 0 Å². The van der Waals surface area contributed by atoms with Gasteiger partial charge in [0.25, 0.3) is 0 Å². The Bertz CT molecular complexity index is 529. The Morgan fingerprint density at radius 1 is 1.25 bits per heavy atom. The van der Waals surface area contributed by atoms with Crippen molar-refractivity contribution < 1.29 is 14.3 Å². The number of hydrogen-bond acceptors (Lipinski definition) is 3. The fourth-order valence-corrected chi connectivity index (χ4v) is 3.46. The van der Waals surface area contributed by atoms with Crippen molar-refractivity contribution in [2.24, 2.45) is 5.41 Å². The zero-order valence-corrected chi connectivity index (χ0v) is 11.6. The van der Waals surface area contributed by atoms with Crippen LogP contribution in [0.4, 0.5) is 0 Å². The van der Waals surface area contributed by atoms with E-state index in [1.807, 2.05) is 31.2 Å². The summed E-state index contributed by atoms with van der Waals surface area (Å²) in [5.74, 6) is -0.652. The molecule has 3 rings (SSSR count). The Labute approximate surface area is 118 Å². The third-order valence-corrected chi connectivity index (χ3v) is 4.41. The van der Waals surface area contributed by atoms with Crippen molar-refractivity contribution in [2.45, 2.75) is 32.1 Å². The van der Waals surface area contributed by atoms with Crippen molar-refractivity contribution in [3.05, 3.63) is 35.4 Å². The molecule has 2 unspecified atom stereocenters. The van der Waals surface area contributed by atoms with Gasteiger partial charge in [0, 0.05) is 18.4 Å². The standard InChI is InChI=1S/C16H19NO3/c1-11-3-5-12(6-4-11)14-15(19)17-13(18)9-16(14)7-2-8-20-10-16/h3-6,14H,2,7-10H2,1H3,(H,17,18,19). The van der Waals surface area contributed by atoms with Gasteiger partial charge in [0.05, 0.1) is 12.5 Å². The number of imide groups is 1. The van der Waals surface area contributed by atoms with E-state index in [0.29, 0.717) is 13.0 Å². The number of hydrogen-bond donors (Lipinski definition) is 1. The average Bonchev–Trinajstić information content (AvgIpc) is 2.41. The first-order chi connectivity index (χ1) is 9.61. The average molecular weight is 273 g/mol. The first-order valence-corrected chi connectivity index (χ1v) is 7.09. The van der Waals surface area contributed by atoms with Crippen LogP contribution in [0.1, 0.15) is 36.3 Å². The van der Waals surface area contributed by atoms with Crippen LogP contribution in [0.3, 0.4) is 0 Å². The molecule has 2 saturated heterocycles. The van der Waals surface area contributed by atoms with Gasteiger partial charge in [-0.3, -0.25) is 14.9 Å². The van der Waals surface area contributed by atoms with Crippen molar-refractivity contribution in [1.82, 2.24) is 5.32 Å². The molecule has 1 aromatic carbocycles. The second-order valence-corrected chi connectivity index (χ2v) is 5.95. The largest absolute Gasteiger partial charge is 0.381 e. The Morgan fingerprint density at radius 2 is 2.00 bits per heavy atom. The van der Waals surface area contributed by atoms with Crippen LogP contribution in [0, 0.1) is 12.3 Å². The van der Waals surface area contributed by atoms with Crippen LogP contribution < -0.4 is 5.32 Å². The smallest absolute Gasteiger partial charge is 0.234 e. The molecule has 2 atom stereocenters. The van der Waals surface area contributed by atoms with Crippen molar-refractivity contribution in [1.29, 1.82) is 0 Å². The van der Waals surface area contributed by atoms with Crippen molar-refractivity contribution in [2.75, 3.05) is 13.2 Å². The van der Waals surface area contributed by atoms with Crippen molar-refractivity contribution in [3.63, 3.8) is 0 Å². The zero-order chi connectivity index (χ0) is 14.2. The molecule has 2 heterocycles. The number of aryl methyl sites for hydroxylation is 1. The number of rotatable bonds is 1. The lowest BCUT2D eigenvalue weighted by atomic mass is 9.64. The van der Waals surface area contributed by atoms with Crippen molar-refractivity contribution in [3.8, 4) is 0 Å². The summed E-state index contributed by atoms with van der Waals surface area (Å²) in [4.78, 5) is 24.2. The maximum absolute atomic E-state index is 12.4. The molecule has 20 heavy (non-hydrogen) atoms. The fraction of sp³-hybridized carbons (Fsp3) is 0.500. The molecule has 1 aromatic rings. The molecular weight excluding hydrogens is 254 g/mol. The van der Waals surface area contributed by atoms with E-state index in [2.05, 4.69) is 5.32 Å². The molecule has 1 N–H and O–H groups in total. The number of amides is 2. The highest BCUT2D eigenvalue weighted by molar-refractivity contribution is 6.02. The van der Waals surface area contributed by atoms with Gasteiger partial charge in [0.15, 0.2) is 0 Å². The molecule has 2 aliphatic rings. The first kappa shape index (κ1) is 13.3. The van der Waals surface area contributed by atoms with Crippen molar-refractivity contribution >= 4 is 11.8 Å². The van der Waals surface area contributed by atoms with E-state index in [9.17, 15) is 9.59 Å². The molecule has 0 saturated carbocycles. The molecule has 0 aromatic heterocycles. The van der Waals surface area contributed by atoms with Crippen LogP contribution in [0.5, 0.6) is 0 Å². The third kappa shape index (κ3) is 2.24. The highest BCUT2D eigenvalue weighted by Gasteiger charge is 2.50. The number of nitrogens with one attached hydrogen (secondary N) is 1. The van der Waals surface area contributed by atoms with Gasteiger partial charge in [-0.15, -0.1) is 0 Å².